The minimum Gasteiger partial charge on any atom is -0.354 e. The third kappa shape index (κ3) is 8.51. The number of aromatic nitrogens is 4. The van der Waals surface area contributed by atoms with E-state index in [4.69, 9.17) is 0 Å². The number of hydrogen-bond donors (Lipinski definition) is 3. The lowest BCUT2D eigenvalue weighted by atomic mass is 9.87. The van der Waals surface area contributed by atoms with E-state index in [2.05, 4.69) is 63.5 Å². The average molecular weight is 594 g/mol. The third-order valence-electron chi connectivity index (χ3n) is 6.99. The van der Waals surface area contributed by atoms with E-state index >= 15 is 0 Å². The van der Waals surface area contributed by atoms with Crippen LogP contribution in [0, 0.1) is 11.8 Å². The van der Waals surface area contributed by atoms with Gasteiger partial charge in [-0.25, -0.2) is 15.0 Å². The highest BCUT2D eigenvalue weighted by atomic mass is 16.2. The van der Waals surface area contributed by atoms with E-state index in [1.807, 2.05) is 60.0 Å². The lowest BCUT2D eigenvalue weighted by Gasteiger charge is -2.19. The fraction of sp³-hybridized carbons (Fsp3) is 0.353. The van der Waals surface area contributed by atoms with Crippen LogP contribution in [0.25, 0.3) is 11.2 Å². The Hall–Kier alpha value is -5.04. The summed E-state index contributed by atoms with van der Waals surface area (Å²) in [4.78, 5) is 50.3. The van der Waals surface area contributed by atoms with Crippen molar-refractivity contribution in [2.24, 2.45) is 0 Å². The highest BCUT2D eigenvalue weighted by molar-refractivity contribution is 6.06. The number of fused-ring (bicyclic) bond motifs is 1. The molecule has 0 fully saturated rings. The van der Waals surface area contributed by atoms with Crippen LogP contribution < -0.4 is 16.0 Å². The predicted molar refractivity (Wildman–Crippen MR) is 171 cm³/mol. The molecule has 44 heavy (non-hydrogen) atoms. The van der Waals surface area contributed by atoms with Gasteiger partial charge in [0.25, 0.3) is 5.91 Å². The zero-order valence-electron chi connectivity index (χ0n) is 25.9. The van der Waals surface area contributed by atoms with Crippen molar-refractivity contribution in [3.63, 3.8) is 0 Å². The Kier molecular flexibility index (Phi) is 10.5. The molecule has 10 heteroatoms. The van der Waals surface area contributed by atoms with Crippen LogP contribution >= 0.6 is 0 Å². The predicted octanol–water partition coefficient (Wildman–Crippen LogP) is 4.59. The Morgan fingerprint density at radius 2 is 1.80 bits per heavy atom. The molecule has 2 aromatic heterocycles. The fourth-order valence-electron chi connectivity index (χ4n) is 4.55. The monoisotopic (exact) mass is 593 g/mol. The number of imidazole rings is 1. The molecule has 2 aromatic carbocycles. The van der Waals surface area contributed by atoms with Crippen LogP contribution in [-0.2, 0) is 21.5 Å². The van der Waals surface area contributed by atoms with Crippen molar-refractivity contribution in [3.8, 4) is 11.8 Å². The molecular formula is C34H39N7O3. The first-order valence-electron chi connectivity index (χ1n) is 14.8. The highest BCUT2D eigenvalue weighted by Crippen LogP contribution is 2.23. The molecule has 1 unspecified atom stereocenters. The second-order valence-electron chi connectivity index (χ2n) is 11.7. The Labute approximate surface area is 258 Å². The van der Waals surface area contributed by atoms with E-state index in [1.165, 1.54) is 13.3 Å². The summed E-state index contributed by atoms with van der Waals surface area (Å²) in [5.74, 6) is 5.69. The molecule has 3 N–H and O–H groups in total. The molecule has 0 aliphatic rings. The smallest absolute Gasteiger partial charge is 0.256 e. The second kappa shape index (κ2) is 14.4. The molecule has 0 aliphatic carbocycles. The largest absolute Gasteiger partial charge is 0.354 e. The molecule has 2 heterocycles. The molecule has 0 saturated heterocycles. The number of unbranched alkanes of at least 4 members (excludes halogenated alkanes) is 1. The van der Waals surface area contributed by atoms with Gasteiger partial charge in [-0.3, -0.25) is 14.4 Å². The van der Waals surface area contributed by atoms with Crippen LogP contribution in [0.4, 0.5) is 5.82 Å². The molecule has 4 rings (SSSR count). The van der Waals surface area contributed by atoms with E-state index in [-0.39, 0.29) is 29.6 Å². The molecule has 0 aliphatic heterocycles. The van der Waals surface area contributed by atoms with E-state index in [1.54, 1.807) is 6.33 Å². The van der Waals surface area contributed by atoms with Crippen LogP contribution in [0.1, 0.15) is 80.9 Å². The lowest BCUT2D eigenvalue weighted by Crippen LogP contribution is -2.46. The van der Waals surface area contributed by atoms with E-state index in [0.717, 1.165) is 29.5 Å². The minimum atomic E-state index is -0.713. The van der Waals surface area contributed by atoms with Gasteiger partial charge >= 0.3 is 0 Å². The van der Waals surface area contributed by atoms with Crippen molar-refractivity contribution in [1.82, 2.24) is 30.2 Å². The summed E-state index contributed by atoms with van der Waals surface area (Å²) in [6.07, 6.45) is 5.11. The zero-order chi connectivity index (χ0) is 31.7. The Balaban J connectivity index is 1.45. The van der Waals surface area contributed by atoms with Crippen LogP contribution in [-0.4, -0.2) is 49.8 Å². The summed E-state index contributed by atoms with van der Waals surface area (Å²) in [6.45, 7) is 10.8. The van der Waals surface area contributed by atoms with Crippen molar-refractivity contribution < 1.29 is 14.4 Å². The van der Waals surface area contributed by atoms with Gasteiger partial charge in [0, 0.05) is 31.0 Å². The molecule has 228 valence electrons. The van der Waals surface area contributed by atoms with Crippen molar-refractivity contribution in [2.45, 2.75) is 71.9 Å². The number of anilines is 1. The quantitative estimate of drug-likeness (QED) is 0.182. The third-order valence-corrected chi connectivity index (χ3v) is 6.99. The van der Waals surface area contributed by atoms with Gasteiger partial charge in [0.15, 0.2) is 17.0 Å². The standard InChI is InChI=1S/C34H39N7O3/c1-6-7-18-35-33(44)28(39-23(2)42)13-9-11-24-10-8-12-25(19-24)20-41-22-38-29-30(36-21-37-31(29)41)40-32(43)26-14-16-27(17-15-26)34(3,4)5/h8,10,12,14-17,19,21-22,28H,6-7,13,18,20H2,1-5H3,(H,35,44)(H,39,42)(H,36,37,40,43). The number of benzene rings is 2. The first kappa shape index (κ1) is 31.9. The Morgan fingerprint density at radius 1 is 1.02 bits per heavy atom. The fourth-order valence-corrected chi connectivity index (χ4v) is 4.55. The normalized spacial score (nSPS) is 11.8. The van der Waals surface area contributed by atoms with Crippen molar-refractivity contribution in [2.75, 3.05) is 11.9 Å². The molecule has 0 bridgehead atoms. The van der Waals surface area contributed by atoms with Gasteiger partial charge in [0.05, 0.1) is 12.9 Å². The van der Waals surface area contributed by atoms with E-state index in [9.17, 15) is 14.4 Å². The van der Waals surface area contributed by atoms with E-state index < -0.39 is 6.04 Å². The highest BCUT2D eigenvalue weighted by Gasteiger charge is 2.18. The van der Waals surface area contributed by atoms with Gasteiger partial charge in [0.2, 0.25) is 11.8 Å². The van der Waals surface area contributed by atoms with Gasteiger partial charge in [-0.2, -0.15) is 0 Å². The molecule has 4 aromatic rings. The molecule has 1 atom stereocenters. The average Bonchev–Trinajstić information content (AvgIpc) is 3.40. The minimum absolute atomic E-state index is 0.00468. The van der Waals surface area contributed by atoms with Crippen LogP contribution in [0.15, 0.2) is 61.2 Å². The zero-order valence-corrected chi connectivity index (χ0v) is 25.9. The number of rotatable bonds is 10. The van der Waals surface area contributed by atoms with Gasteiger partial charge < -0.3 is 20.5 Å². The van der Waals surface area contributed by atoms with Gasteiger partial charge in [-0.05, 0) is 47.2 Å². The molecule has 0 saturated carbocycles. The lowest BCUT2D eigenvalue weighted by molar-refractivity contribution is -0.127. The first-order valence-corrected chi connectivity index (χ1v) is 14.8. The number of carbonyl (C=O) groups excluding carboxylic acids is 3. The summed E-state index contributed by atoms with van der Waals surface area (Å²) in [5, 5.41) is 8.41. The molecule has 0 radical (unpaired) electrons. The summed E-state index contributed by atoms with van der Waals surface area (Å²) in [7, 11) is 0. The summed E-state index contributed by atoms with van der Waals surface area (Å²) >= 11 is 0. The van der Waals surface area contributed by atoms with Gasteiger partial charge in [-0.15, -0.1) is 0 Å². The van der Waals surface area contributed by atoms with Gasteiger partial charge in [0.1, 0.15) is 12.4 Å². The van der Waals surface area contributed by atoms with Crippen molar-refractivity contribution >= 4 is 34.7 Å². The van der Waals surface area contributed by atoms with Crippen molar-refractivity contribution in [1.29, 1.82) is 0 Å². The molecule has 10 nitrogen and oxygen atoms in total. The first-order chi connectivity index (χ1) is 21.0. The number of hydrogen-bond acceptors (Lipinski definition) is 6. The maximum atomic E-state index is 13.0. The van der Waals surface area contributed by atoms with E-state index in [0.29, 0.717) is 35.6 Å². The van der Waals surface area contributed by atoms with Crippen LogP contribution in [0.2, 0.25) is 0 Å². The number of nitrogens with one attached hydrogen (secondary N) is 3. The Morgan fingerprint density at radius 3 is 2.50 bits per heavy atom. The maximum Gasteiger partial charge on any atom is 0.256 e. The molecular weight excluding hydrogens is 554 g/mol. The maximum absolute atomic E-state index is 13.0. The summed E-state index contributed by atoms with van der Waals surface area (Å²) in [6, 6.07) is 14.6. The Bertz CT molecular complexity index is 1690. The topological polar surface area (TPSA) is 131 Å². The number of amides is 3. The summed E-state index contributed by atoms with van der Waals surface area (Å²) in [5.41, 5.74) is 4.49. The SMILES string of the molecule is CCCCNC(=O)C(CC#Cc1cccc(Cn2cnc3c(NC(=O)c4ccc(C(C)(C)C)cc4)ncnc32)c1)NC(C)=O. The van der Waals surface area contributed by atoms with Crippen LogP contribution in [0.5, 0.6) is 0 Å². The van der Waals surface area contributed by atoms with Crippen molar-refractivity contribution in [3.05, 3.63) is 83.4 Å². The summed E-state index contributed by atoms with van der Waals surface area (Å²) < 4.78 is 1.88. The molecule has 3 amide bonds. The second-order valence-corrected chi connectivity index (χ2v) is 11.7. The number of nitrogens with zero attached hydrogens (tertiary/aromatic N) is 4. The number of carbonyl (C=O) groups is 3. The van der Waals surface area contributed by atoms with Crippen LogP contribution in [0.3, 0.4) is 0 Å². The molecule has 0 spiro atoms. The van der Waals surface area contributed by atoms with Gasteiger partial charge in [-0.1, -0.05) is 70.2 Å².